The van der Waals surface area contributed by atoms with Gasteiger partial charge in [0.25, 0.3) is 5.56 Å². The molecule has 6 rings (SSSR count). The summed E-state index contributed by atoms with van der Waals surface area (Å²) >= 11 is 0. The molecule has 1 aliphatic heterocycles. The molecule has 52 heavy (non-hydrogen) atoms. The van der Waals surface area contributed by atoms with Crippen molar-refractivity contribution in [3.8, 4) is 11.5 Å². The van der Waals surface area contributed by atoms with Gasteiger partial charge in [-0.25, -0.2) is 4.57 Å². The van der Waals surface area contributed by atoms with E-state index in [0.29, 0.717) is 17.1 Å². The molecule has 2 aromatic heterocycles. The number of methoxy groups -OCH3 is 2. The number of amides is 1. The zero-order valence-corrected chi connectivity index (χ0v) is 30.2. The lowest BCUT2D eigenvalue weighted by Gasteiger charge is -2.37. The largest absolute Gasteiger partial charge is 0.497 e. The van der Waals surface area contributed by atoms with Gasteiger partial charge in [-0.15, -0.1) is 0 Å². The van der Waals surface area contributed by atoms with E-state index in [1.807, 2.05) is 78.9 Å². The Bertz CT molecular complexity index is 2080. The first-order chi connectivity index (χ1) is 24.8. The number of carbonyl (C=O) groups is 1. The Balaban J connectivity index is 1.41. The lowest BCUT2D eigenvalue weighted by molar-refractivity contribution is -0.118. The van der Waals surface area contributed by atoms with Crippen molar-refractivity contribution in [3.05, 3.63) is 118 Å². The van der Waals surface area contributed by atoms with E-state index in [-0.39, 0.29) is 41.8 Å². The molecule has 3 aromatic carbocycles. The molecular weight excluding hydrogens is 691 g/mol. The minimum absolute atomic E-state index is 0.0199. The lowest BCUT2D eigenvalue weighted by atomic mass is 9.80. The Morgan fingerprint density at radius 2 is 1.58 bits per heavy atom. The molecule has 5 aromatic rings. The SMILES string of the molecule is COc1ccc(C(OC[C@H]2O[C@@H](n3cc(C)c4c(=O)[nH]c(NC(=O)C(C)C)nc43)C[C@@H]2OP(=O)(O)O)(c2ccccc2)c2ccc(OC)cc2)cc1. The highest BCUT2D eigenvalue weighted by molar-refractivity contribution is 7.46. The molecule has 1 aliphatic rings. The van der Waals surface area contributed by atoms with Crippen LogP contribution in [0.2, 0.25) is 0 Å². The van der Waals surface area contributed by atoms with Crippen molar-refractivity contribution < 1.29 is 42.6 Å². The summed E-state index contributed by atoms with van der Waals surface area (Å²) in [6, 6.07) is 24.4. The van der Waals surface area contributed by atoms with E-state index in [2.05, 4.69) is 15.3 Å². The first-order valence-electron chi connectivity index (χ1n) is 16.6. The van der Waals surface area contributed by atoms with Gasteiger partial charge in [-0.3, -0.25) is 24.4 Å². The second-order valence-corrected chi connectivity index (χ2v) is 14.0. The van der Waals surface area contributed by atoms with Gasteiger partial charge in [0.1, 0.15) is 35.5 Å². The molecule has 0 bridgehead atoms. The van der Waals surface area contributed by atoms with Gasteiger partial charge < -0.3 is 33.3 Å². The molecule has 1 amide bonds. The van der Waals surface area contributed by atoms with E-state index in [1.165, 1.54) is 0 Å². The highest BCUT2D eigenvalue weighted by atomic mass is 31.2. The van der Waals surface area contributed by atoms with E-state index < -0.39 is 37.4 Å². The Hall–Kier alpha value is -4.82. The Labute approximate surface area is 299 Å². The molecule has 274 valence electrons. The molecule has 14 nitrogen and oxygen atoms in total. The highest BCUT2D eigenvalue weighted by Crippen LogP contribution is 2.46. The van der Waals surface area contributed by atoms with Gasteiger partial charge in [0.2, 0.25) is 11.9 Å². The van der Waals surface area contributed by atoms with E-state index in [4.69, 9.17) is 23.5 Å². The van der Waals surface area contributed by atoms with Gasteiger partial charge in [-0.2, -0.15) is 4.98 Å². The number of hydrogen-bond donors (Lipinski definition) is 4. The summed E-state index contributed by atoms with van der Waals surface area (Å²) in [7, 11) is -1.84. The molecule has 3 atom stereocenters. The average molecular weight is 733 g/mol. The van der Waals surface area contributed by atoms with Gasteiger partial charge >= 0.3 is 7.82 Å². The third kappa shape index (κ3) is 7.54. The van der Waals surface area contributed by atoms with Crippen molar-refractivity contribution in [2.75, 3.05) is 26.1 Å². The summed E-state index contributed by atoms with van der Waals surface area (Å²) in [6.45, 7) is 4.98. The van der Waals surface area contributed by atoms with Gasteiger partial charge in [0, 0.05) is 18.5 Å². The van der Waals surface area contributed by atoms with Crippen molar-refractivity contribution in [1.82, 2.24) is 14.5 Å². The molecule has 15 heteroatoms. The number of H-pyrrole nitrogens is 1. The van der Waals surface area contributed by atoms with Crippen molar-refractivity contribution >= 4 is 30.7 Å². The normalized spacial score (nSPS) is 17.8. The Morgan fingerprint density at radius 3 is 2.12 bits per heavy atom. The summed E-state index contributed by atoms with van der Waals surface area (Å²) in [5.41, 5.74) is 1.37. The number of aromatic amines is 1. The van der Waals surface area contributed by atoms with Gasteiger partial charge in [0.05, 0.1) is 26.2 Å². The smallest absolute Gasteiger partial charge is 0.469 e. The summed E-state index contributed by atoms with van der Waals surface area (Å²) in [5.74, 6) is 0.551. The number of carbonyl (C=O) groups excluding carboxylic acids is 1. The maximum atomic E-state index is 13.1. The minimum Gasteiger partial charge on any atom is -0.497 e. The molecule has 0 unspecified atom stereocenters. The van der Waals surface area contributed by atoms with Crippen LogP contribution in [0, 0.1) is 12.8 Å². The van der Waals surface area contributed by atoms with Gasteiger partial charge in [-0.05, 0) is 53.4 Å². The summed E-state index contributed by atoms with van der Waals surface area (Å²) in [4.78, 5) is 52.6. The van der Waals surface area contributed by atoms with Crippen LogP contribution in [0.25, 0.3) is 11.0 Å². The number of nitrogens with zero attached hydrogens (tertiary/aromatic N) is 2. The molecule has 0 aliphatic carbocycles. The number of aryl methyl sites for hydroxylation is 1. The number of phosphoric acid groups is 1. The van der Waals surface area contributed by atoms with E-state index in [9.17, 15) is 23.9 Å². The van der Waals surface area contributed by atoms with Crippen LogP contribution in [-0.2, 0) is 29.0 Å². The number of phosphoric ester groups is 1. The Kier molecular flexibility index (Phi) is 10.7. The predicted octanol–water partition coefficient (Wildman–Crippen LogP) is 5.42. The maximum Gasteiger partial charge on any atom is 0.469 e. The molecule has 1 saturated heterocycles. The van der Waals surface area contributed by atoms with Crippen LogP contribution in [0.3, 0.4) is 0 Å². The van der Waals surface area contributed by atoms with E-state index >= 15 is 0 Å². The minimum atomic E-state index is -5.00. The predicted molar refractivity (Wildman–Crippen MR) is 192 cm³/mol. The van der Waals surface area contributed by atoms with Crippen LogP contribution in [0.1, 0.15) is 48.8 Å². The van der Waals surface area contributed by atoms with Crippen molar-refractivity contribution in [2.24, 2.45) is 5.92 Å². The topological polar surface area (TPSA) is 183 Å². The number of anilines is 1. The molecule has 3 heterocycles. The highest BCUT2D eigenvalue weighted by Gasteiger charge is 2.45. The van der Waals surface area contributed by atoms with E-state index in [1.54, 1.807) is 45.8 Å². The molecular formula is C37H41N4O10P. The average Bonchev–Trinajstić information content (AvgIpc) is 3.68. The van der Waals surface area contributed by atoms with Gasteiger partial charge in [0.15, 0.2) is 5.65 Å². The number of aromatic nitrogens is 3. The van der Waals surface area contributed by atoms with Crippen molar-refractivity contribution in [3.63, 3.8) is 0 Å². The maximum absolute atomic E-state index is 13.1. The van der Waals surface area contributed by atoms with Crippen molar-refractivity contribution in [2.45, 2.75) is 51.2 Å². The molecule has 0 spiro atoms. The summed E-state index contributed by atoms with van der Waals surface area (Å²) < 4.78 is 43.6. The summed E-state index contributed by atoms with van der Waals surface area (Å²) in [5, 5.41) is 2.90. The van der Waals surface area contributed by atoms with Crippen LogP contribution >= 0.6 is 7.82 Å². The Morgan fingerprint density at radius 1 is 1.00 bits per heavy atom. The fourth-order valence-corrected chi connectivity index (χ4v) is 7.04. The monoisotopic (exact) mass is 732 g/mol. The van der Waals surface area contributed by atoms with Crippen LogP contribution in [0.15, 0.2) is 89.9 Å². The quantitative estimate of drug-likeness (QED) is 0.0896. The number of hydrogen-bond acceptors (Lipinski definition) is 9. The first kappa shape index (κ1) is 37.0. The molecule has 0 radical (unpaired) electrons. The third-order valence-corrected chi connectivity index (χ3v) is 9.58. The first-order valence-corrected chi connectivity index (χ1v) is 18.2. The standard InChI is InChI=1S/C37H41N4O10P/c1-22(2)34(42)39-36-38-33-32(35(43)40-36)23(3)20-41(33)31-19-29(51-52(44,45)46)30(50-31)21-49-37(24-9-7-6-8-10-24,25-11-15-27(47-4)16-12-25)26-13-17-28(48-5)18-14-26/h6-18,20,22,29-31H,19,21H2,1-5H3,(H2,44,45,46)(H2,38,39,40,42,43)/t29-,30+,31+/m0/s1. The molecule has 0 saturated carbocycles. The summed E-state index contributed by atoms with van der Waals surface area (Å²) in [6.07, 6.45) is -1.36. The number of benzene rings is 3. The van der Waals surface area contributed by atoms with Gasteiger partial charge in [-0.1, -0.05) is 68.4 Å². The molecule has 4 N–H and O–H groups in total. The van der Waals surface area contributed by atoms with Crippen molar-refractivity contribution in [1.29, 1.82) is 0 Å². The molecule has 1 fully saturated rings. The number of ether oxygens (including phenoxy) is 4. The number of fused-ring (bicyclic) bond motifs is 1. The second kappa shape index (κ2) is 15.0. The zero-order valence-electron chi connectivity index (χ0n) is 29.3. The van der Waals surface area contributed by atoms with Crippen LogP contribution in [0.4, 0.5) is 5.95 Å². The fraction of sp³-hybridized carbons (Fsp3) is 0.324. The second-order valence-electron chi connectivity index (χ2n) is 12.8. The van der Waals surface area contributed by atoms with Crippen LogP contribution in [-0.4, -0.2) is 63.3 Å². The number of rotatable bonds is 13. The zero-order chi connectivity index (χ0) is 37.2. The van der Waals surface area contributed by atoms with E-state index in [0.717, 1.165) is 16.7 Å². The van der Waals surface area contributed by atoms with Crippen LogP contribution < -0.4 is 20.3 Å². The lowest BCUT2D eigenvalue weighted by Crippen LogP contribution is -2.38. The fourth-order valence-electron chi connectivity index (χ4n) is 6.47. The third-order valence-electron chi connectivity index (χ3n) is 9.04. The number of nitrogens with one attached hydrogen (secondary N) is 2. The van der Waals surface area contributed by atoms with Crippen LogP contribution in [0.5, 0.6) is 11.5 Å².